The van der Waals surface area contributed by atoms with E-state index in [-0.39, 0.29) is 25.1 Å². The molecular weight excluding hydrogens is 192 g/mol. The molecule has 1 amide bonds. The first kappa shape index (κ1) is 11.7. The van der Waals surface area contributed by atoms with Crippen LogP contribution < -0.4 is 11.1 Å². The third kappa shape index (κ3) is 4.10. The number of amides is 1. The Morgan fingerprint density at radius 3 is 2.60 bits per heavy atom. The first-order chi connectivity index (χ1) is 7.26. The van der Waals surface area contributed by atoms with Gasteiger partial charge in [0.05, 0.1) is 19.2 Å². The zero-order valence-electron chi connectivity index (χ0n) is 8.52. The van der Waals surface area contributed by atoms with Crippen molar-refractivity contribution in [1.82, 2.24) is 5.32 Å². The molecule has 0 bridgehead atoms. The van der Waals surface area contributed by atoms with Gasteiger partial charge in [-0.1, -0.05) is 30.3 Å². The Labute approximate surface area is 89.1 Å². The Morgan fingerprint density at radius 1 is 1.40 bits per heavy atom. The summed E-state index contributed by atoms with van der Waals surface area (Å²) < 4.78 is 0. The molecule has 0 aliphatic rings. The van der Waals surface area contributed by atoms with Crippen LogP contribution in [0.3, 0.4) is 0 Å². The molecule has 0 fully saturated rings. The third-order valence-electron chi connectivity index (χ3n) is 2.10. The zero-order valence-corrected chi connectivity index (χ0v) is 8.52. The van der Waals surface area contributed by atoms with E-state index in [4.69, 9.17) is 10.8 Å². The second kappa shape index (κ2) is 6.16. The number of nitrogens with one attached hydrogen (secondary N) is 1. The molecule has 0 heterocycles. The highest BCUT2D eigenvalue weighted by atomic mass is 16.3. The highest BCUT2D eigenvalue weighted by Crippen LogP contribution is 2.02. The van der Waals surface area contributed by atoms with Gasteiger partial charge in [-0.25, -0.2) is 0 Å². The minimum absolute atomic E-state index is 0.0503. The normalized spacial score (nSPS) is 12.1. The fraction of sp³-hybridized carbons (Fsp3) is 0.364. The molecule has 1 aromatic rings. The number of benzene rings is 1. The van der Waals surface area contributed by atoms with Crippen LogP contribution in [0.5, 0.6) is 0 Å². The van der Waals surface area contributed by atoms with Crippen LogP contribution in [0.1, 0.15) is 5.56 Å². The quantitative estimate of drug-likeness (QED) is 0.620. The molecule has 0 unspecified atom stereocenters. The van der Waals surface area contributed by atoms with Crippen molar-refractivity contribution in [2.24, 2.45) is 5.73 Å². The summed E-state index contributed by atoms with van der Waals surface area (Å²) >= 11 is 0. The molecule has 4 heteroatoms. The molecule has 0 saturated carbocycles. The molecule has 0 aliphatic heterocycles. The van der Waals surface area contributed by atoms with Crippen LogP contribution in [-0.2, 0) is 11.2 Å². The van der Waals surface area contributed by atoms with Gasteiger partial charge < -0.3 is 16.2 Å². The van der Waals surface area contributed by atoms with Crippen LogP contribution in [0, 0.1) is 0 Å². The topological polar surface area (TPSA) is 75.4 Å². The van der Waals surface area contributed by atoms with Gasteiger partial charge in [-0.15, -0.1) is 0 Å². The van der Waals surface area contributed by atoms with Gasteiger partial charge in [0.2, 0.25) is 5.91 Å². The Morgan fingerprint density at radius 2 is 2.07 bits per heavy atom. The van der Waals surface area contributed by atoms with Gasteiger partial charge in [0, 0.05) is 0 Å². The lowest BCUT2D eigenvalue weighted by Gasteiger charge is -2.15. The minimum atomic E-state index is -0.261. The van der Waals surface area contributed by atoms with Crippen LogP contribution in [0.2, 0.25) is 0 Å². The number of hydrogen-bond acceptors (Lipinski definition) is 3. The smallest absolute Gasteiger partial charge is 0.234 e. The lowest BCUT2D eigenvalue weighted by Crippen LogP contribution is -2.42. The van der Waals surface area contributed by atoms with E-state index in [2.05, 4.69) is 5.32 Å². The van der Waals surface area contributed by atoms with Crippen molar-refractivity contribution in [2.75, 3.05) is 13.2 Å². The van der Waals surface area contributed by atoms with Crippen molar-refractivity contribution in [3.8, 4) is 0 Å². The standard InChI is InChI=1S/C11H16N2O2/c12-7-11(15)13-10(8-14)6-9-4-2-1-3-5-9/h1-5,10,14H,6-8,12H2,(H,13,15)/t10-/m1/s1. The van der Waals surface area contributed by atoms with E-state index in [0.717, 1.165) is 5.56 Å². The lowest BCUT2D eigenvalue weighted by atomic mass is 10.1. The Bertz CT molecular complexity index is 301. The number of aliphatic hydroxyl groups excluding tert-OH is 1. The van der Waals surface area contributed by atoms with Gasteiger partial charge in [-0.2, -0.15) is 0 Å². The van der Waals surface area contributed by atoms with Crippen molar-refractivity contribution in [3.05, 3.63) is 35.9 Å². The van der Waals surface area contributed by atoms with Crippen molar-refractivity contribution >= 4 is 5.91 Å². The zero-order chi connectivity index (χ0) is 11.1. The summed E-state index contributed by atoms with van der Waals surface area (Å²) in [6, 6.07) is 9.43. The molecule has 1 rings (SSSR count). The van der Waals surface area contributed by atoms with E-state index in [1.165, 1.54) is 0 Å². The SMILES string of the molecule is NCC(=O)N[C@@H](CO)Cc1ccccc1. The summed E-state index contributed by atoms with van der Waals surface area (Å²) in [7, 11) is 0. The summed E-state index contributed by atoms with van der Waals surface area (Å²) in [4.78, 5) is 11.0. The first-order valence-electron chi connectivity index (χ1n) is 4.90. The monoisotopic (exact) mass is 208 g/mol. The maximum absolute atomic E-state index is 11.0. The second-order valence-corrected chi connectivity index (χ2v) is 3.34. The largest absolute Gasteiger partial charge is 0.394 e. The van der Waals surface area contributed by atoms with Crippen molar-refractivity contribution in [3.63, 3.8) is 0 Å². The van der Waals surface area contributed by atoms with Gasteiger partial charge in [0.15, 0.2) is 0 Å². The van der Waals surface area contributed by atoms with Crippen LogP contribution in [0.25, 0.3) is 0 Å². The molecule has 0 spiro atoms. The molecule has 0 aromatic heterocycles. The van der Waals surface area contributed by atoms with Crippen LogP contribution in [0.15, 0.2) is 30.3 Å². The number of aliphatic hydroxyl groups is 1. The number of hydrogen-bond donors (Lipinski definition) is 3. The predicted octanol–water partition coefficient (Wildman–Crippen LogP) is -0.335. The summed E-state index contributed by atoms with van der Waals surface area (Å²) in [5.41, 5.74) is 6.25. The molecule has 0 radical (unpaired) electrons. The van der Waals surface area contributed by atoms with Crippen molar-refractivity contribution < 1.29 is 9.90 Å². The summed E-state index contributed by atoms with van der Waals surface area (Å²) in [6.45, 7) is -0.133. The summed E-state index contributed by atoms with van der Waals surface area (Å²) in [6.07, 6.45) is 0.614. The Balaban J connectivity index is 2.50. The third-order valence-corrected chi connectivity index (χ3v) is 2.10. The average Bonchev–Trinajstić information content (AvgIpc) is 2.29. The van der Waals surface area contributed by atoms with E-state index in [1.54, 1.807) is 0 Å². The summed E-state index contributed by atoms with van der Waals surface area (Å²) in [5, 5.41) is 11.7. The average molecular weight is 208 g/mol. The van der Waals surface area contributed by atoms with Gasteiger partial charge in [0.25, 0.3) is 0 Å². The Hall–Kier alpha value is -1.39. The van der Waals surface area contributed by atoms with E-state index in [1.807, 2.05) is 30.3 Å². The maximum Gasteiger partial charge on any atom is 0.234 e. The van der Waals surface area contributed by atoms with E-state index < -0.39 is 0 Å². The van der Waals surface area contributed by atoms with Gasteiger partial charge in [-0.05, 0) is 12.0 Å². The fourth-order valence-electron chi connectivity index (χ4n) is 1.35. The van der Waals surface area contributed by atoms with E-state index in [0.29, 0.717) is 6.42 Å². The molecule has 15 heavy (non-hydrogen) atoms. The fourth-order valence-corrected chi connectivity index (χ4v) is 1.35. The van der Waals surface area contributed by atoms with Crippen LogP contribution >= 0.6 is 0 Å². The van der Waals surface area contributed by atoms with Crippen molar-refractivity contribution in [2.45, 2.75) is 12.5 Å². The van der Waals surface area contributed by atoms with E-state index in [9.17, 15) is 4.79 Å². The van der Waals surface area contributed by atoms with Crippen LogP contribution in [0.4, 0.5) is 0 Å². The molecule has 4 nitrogen and oxygen atoms in total. The van der Waals surface area contributed by atoms with E-state index >= 15 is 0 Å². The van der Waals surface area contributed by atoms with Crippen molar-refractivity contribution in [1.29, 1.82) is 0 Å². The summed E-state index contributed by atoms with van der Waals surface area (Å²) in [5.74, 6) is -0.245. The molecule has 4 N–H and O–H groups in total. The second-order valence-electron chi connectivity index (χ2n) is 3.34. The van der Waals surface area contributed by atoms with Gasteiger partial charge >= 0.3 is 0 Å². The molecule has 1 aromatic carbocycles. The number of nitrogens with two attached hydrogens (primary N) is 1. The number of carbonyl (C=O) groups is 1. The van der Waals surface area contributed by atoms with Gasteiger partial charge in [-0.3, -0.25) is 4.79 Å². The highest BCUT2D eigenvalue weighted by Gasteiger charge is 2.10. The molecule has 82 valence electrons. The number of carbonyl (C=O) groups excluding carboxylic acids is 1. The highest BCUT2D eigenvalue weighted by molar-refractivity contribution is 5.78. The number of rotatable bonds is 5. The lowest BCUT2D eigenvalue weighted by molar-refractivity contribution is -0.120. The Kier molecular flexibility index (Phi) is 4.80. The molecule has 0 saturated heterocycles. The first-order valence-corrected chi connectivity index (χ1v) is 4.90. The molecular formula is C11H16N2O2. The minimum Gasteiger partial charge on any atom is -0.394 e. The van der Waals surface area contributed by atoms with Gasteiger partial charge in [0.1, 0.15) is 0 Å². The molecule has 0 aliphatic carbocycles. The molecule has 1 atom stereocenters. The predicted molar refractivity (Wildman–Crippen MR) is 58.2 cm³/mol. The maximum atomic E-state index is 11.0. The van der Waals surface area contributed by atoms with Crippen LogP contribution in [-0.4, -0.2) is 30.2 Å².